The van der Waals surface area contributed by atoms with E-state index in [9.17, 15) is 0 Å². The Labute approximate surface area is 79.5 Å². The third-order valence-corrected chi connectivity index (χ3v) is 1.67. The van der Waals surface area contributed by atoms with Gasteiger partial charge >= 0.3 is 0 Å². The van der Waals surface area contributed by atoms with Crippen LogP contribution in [0, 0.1) is 0 Å². The van der Waals surface area contributed by atoms with Crippen LogP contribution in [0.3, 0.4) is 0 Å². The zero-order chi connectivity index (χ0) is 8.04. The summed E-state index contributed by atoms with van der Waals surface area (Å²) in [6, 6.07) is 0. The lowest BCUT2D eigenvalue weighted by Gasteiger charge is -2.28. The van der Waals surface area contributed by atoms with Gasteiger partial charge in [0.15, 0.2) is 0 Å². The zero-order valence-corrected chi connectivity index (χ0v) is 8.97. The fourth-order valence-corrected chi connectivity index (χ4v) is 0.902. The topological polar surface area (TPSA) is 46.2 Å². The second-order valence-electron chi connectivity index (χ2n) is 3.25. The highest BCUT2D eigenvalue weighted by atomic mass is 79.9. The first-order chi connectivity index (χ1) is 4.62. The minimum atomic E-state index is 0. The van der Waals surface area contributed by atoms with Gasteiger partial charge in [0.05, 0.1) is 27.2 Å². The van der Waals surface area contributed by atoms with Gasteiger partial charge in [-0.05, 0) is 6.54 Å². The van der Waals surface area contributed by atoms with Crippen LogP contribution >= 0.6 is 0 Å². The lowest BCUT2D eigenvalue weighted by atomic mass is 10.3. The van der Waals surface area contributed by atoms with E-state index in [1.165, 1.54) is 0 Å². The second-order valence-corrected chi connectivity index (χ2v) is 3.25. The molecule has 0 fully saturated rings. The molecule has 70 valence electrons. The predicted octanol–water partition coefficient (Wildman–Crippen LogP) is -3.59. The van der Waals surface area contributed by atoms with Gasteiger partial charge in [-0.15, -0.1) is 0 Å². The molecule has 3 nitrogen and oxygen atoms in total. The number of halogens is 1. The smallest absolute Gasteiger partial charge is 0.102 e. The van der Waals surface area contributed by atoms with Gasteiger partial charge in [0.2, 0.25) is 0 Å². The molecule has 4 heteroatoms. The highest BCUT2D eigenvalue weighted by molar-refractivity contribution is 4.37. The van der Waals surface area contributed by atoms with Gasteiger partial charge in [0, 0.05) is 6.42 Å². The fourth-order valence-electron chi connectivity index (χ4n) is 0.902. The van der Waals surface area contributed by atoms with Crippen molar-refractivity contribution < 1.29 is 26.6 Å². The van der Waals surface area contributed by atoms with E-state index in [-0.39, 0.29) is 23.6 Å². The first kappa shape index (κ1) is 13.9. The Bertz CT molecular complexity index is 88.5. The van der Waals surface area contributed by atoms with E-state index in [4.69, 9.17) is 10.8 Å². The van der Waals surface area contributed by atoms with Gasteiger partial charge in [-0.2, -0.15) is 0 Å². The van der Waals surface area contributed by atoms with Gasteiger partial charge in [0.1, 0.15) is 6.54 Å². The molecule has 0 atom stereocenters. The van der Waals surface area contributed by atoms with Crippen LogP contribution in [-0.2, 0) is 0 Å². The van der Waals surface area contributed by atoms with Crippen LogP contribution in [0.5, 0.6) is 0 Å². The molecule has 0 saturated carbocycles. The second kappa shape index (κ2) is 7.03. The van der Waals surface area contributed by atoms with E-state index in [0.29, 0.717) is 0 Å². The molecule has 0 aliphatic heterocycles. The number of rotatable bonds is 5. The van der Waals surface area contributed by atoms with Gasteiger partial charge in [-0.3, -0.25) is 0 Å². The quantitative estimate of drug-likeness (QED) is 0.477. The Morgan fingerprint density at radius 1 is 1.27 bits per heavy atom. The molecule has 11 heavy (non-hydrogen) atoms. The molecule has 0 aliphatic rings. The van der Waals surface area contributed by atoms with E-state index in [1.54, 1.807) is 0 Å². The molecule has 0 rings (SSSR count). The van der Waals surface area contributed by atoms with Crippen molar-refractivity contribution in [3.05, 3.63) is 0 Å². The SMILES string of the molecule is C[N+](C)(CCO)CCCN.[Br-]. The van der Waals surface area contributed by atoms with Crippen LogP contribution in [0.1, 0.15) is 6.42 Å². The maximum Gasteiger partial charge on any atom is 0.102 e. The molecule has 0 aliphatic carbocycles. The third-order valence-electron chi connectivity index (χ3n) is 1.67. The van der Waals surface area contributed by atoms with E-state index >= 15 is 0 Å². The summed E-state index contributed by atoms with van der Waals surface area (Å²) in [4.78, 5) is 0. The van der Waals surface area contributed by atoms with E-state index in [2.05, 4.69) is 14.1 Å². The number of likely N-dealkylation sites (N-methyl/N-ethyl adjacent to an activating group) is 1. The summed E-state index contributed by atoms with van der Waals surface area (Å²) in [5, 5.41) is 8.65. The van der Waals surface area contributed by atoms with Crippen molar-refractivity contribution >= 4 is 0 Å². The largest absolute Gasteiger partial charge is 1.00 e. The summed E-state index contributed by atoms with van der Waals surface area (Å²) in [5.74, 6) is 0. The van der Waals surface area contributed by atoms with E-state index < -0.39 is 0 Å². The monoisotopic (exact) mass is 226 g/mol. The van der Waals surface area contributed by atoms with Crippen molar-refractivity contribution in [3.8, 4) is 0 Å². The molecule has 0 bridgehead atoms. The van der Waals surface area contributed by atoms with Crippen LogP contribution in [-0.4, -0.2) is 49.9 Å². The van der Waals surface area contributed by atoms with Crippen molar-refractivity contribution in [2.24, 2.45) is 5.73 Å². The molecule has 0 radical (unpaired) electrons. The number of hydrogen-bond donors (Lipinski definition) is 2. The summed E-state index contributed by atoms with van der Waals surface area (Å²) in [7, 11) is 4.21. The molecule has 0 heterocycles. The molecule has 3 N–H and O–H groups in total. The van der Waals surface area contributed by atoms with Gasteiger partial charge in [-0.1, -0.05) is 0 Å². The standard InChI is InChI=1S/C7H19N2O.BrH/c1-9(2,6-7-10)5-3-4-8;/h10H,3-8H2,1-2H3;1H/q+1;/p-1. The molecular weight excluding hydrogens is 208 g/mol. The minimum absolute atomic E-state index is 0. The van der Waals surface area contributed by atoms with Crippen LogP contribution in [0.4, 0.5) is 0 Å². The fraction of sp³-hybridized carbons (Fsp3) is 1.00. The number of quaternary nitrogens is 1. The van der Waals surface area contributed by atoms with E-state index in [1.807, 2.05) is 0 Å². The number of aliphatic hydroxyl groups is 1. The van der Waals surface area contributed by atoms with Crippen molar-refractivity contribution in [1.29, 1.82) is 0 Å². The van der Waals surface area contributed by atoms with Crippen molar-refractivity contribution in [3.63, 3.8) is 0 Å². The van der Waals surface area contributed by atoms with Gasteiger partial charge in [-0.25, -0.2) is 0 Å². The maximum atomic E-state index is 8.65. The summed E-state index contributed by atoms with van der Waals surface area (Å²) >= 11 is 0. The number of aliphatic hydroxyl groups excluding tert-OH is 1. The van der Waals surface area contributed by atoms with Crippen LogP contribution in [0.25, 0.3) is 0 Å². The minimum Gasteiger partial charge on any atom is -1.00 e. The lowest BCUT2D eigenvalue weighted by Crippen LogP contribution is -3.00. The number of nitrogens with zero attached hydrogens (tertiary/aromatic N) is 1. The maximum absolute atomic E-state index is 8.65. The van der Waals surface area contributed by atoms with Crippen LogP contribution in [0.15, 0.2) is 0 Å². The first-order valence-corrected chi connectivity index (χ1v) is 3.75. The highest BCUT2D eigenvalue weighted by Gasteiger charge is 2.11. The molecule has 0 amide bonds. The summed E-state index contributed by atoms with van der Waals surface area (Å²) in [6.07, 6.45) is 1.03. The molecule has 0 aromatic heterocycles. The molecule has 0 unspecified atom stereocenters. The van der Waals surface area contributed by atoms with E-state index in [0.717, 1.165) is 30.5 Å². The van der Waals surface area contributed by atoms with Crippen LogP contribution < -0.4 is 22.7 Å². The molecule has 0 spiro atoms. The summed E-state index contributed by atoms with van der Waals surface area (Å²) in [6.45, 7) is 2.88. The zero-order valence-electron chi connectivity index (χ0n) is 7.39. The van der Waals surface area contributed by atoms with Gasteiger partial charge in [0.25, 0.3) is 0 Å². The van der Waals surface area contributed by atoms with Crippen molar-refractivity contribution in [1.82, 2.24) is 0 Å². The number of hydrogen-bond acceptors (Lipinski definition) is 2. The predicted molar refractivity (Wildman–Crippen MR) is 42.6 cm³/mol. The first-order valence-electron chi connectivity index (χ1n) is 3.75. The Hall–Kier alpha value is 0.360. The average molecular weight is 227 g/mol. The Morgan fingerprint density at radius 2 is 1.82 bits per heavy atom. The van der Waals surface area contributed by atoms with Crippen molar-refractivity contribution in [2.45, 2.75) is 6.42 Å². The Morgan fingerprint density at radius 3 is 2.18 bits per heavy atom. The van der Waals surface area contributed by atoms with Crippen molar-refractivity contribution in [2.75, 3.05) is 40.3 Å². The Balaban J connectivity index is 0. The van der Waals surface area contributed by atoms with Gasteiger partial charge < -0.3 is 32.3 Å². The summed E-state index contributed by atoms with van der Waals surface area (Å²) in [5.41, 5.74) is 5.36. The molecular formula is C7H19BrN2O. The molecule has 0 aromatic carbocycles. The summed E-state index contributed by atoms with van der Waals surface area (Å²) < 4.78 is 0.869. The molecule has 0 saturated heterocycles. The van der Waals surface area contributed by atoms with Crippen LogP contribution in [0.2, 0.25) is 0 Å². The number of nitrogens with two attached hydrogens (primary N) is 1. The molecule has 0 aromatic rings. The third kappa shape index (κ3) is 8.26. The lowest BCUT2D eigenvalue weighted by molar-refractivity contribution is -0.890. The Kier molecular flexibility index (Phi) is 8.90. The normalized spacial score (nSPS) is 10.9. The highest BCUT2D eigenvalue weighted by Crippen LogP contribution is 1.96. The average Bonchev–Trinajstić information content (AvgIpc) is 1.84.